The van der Waals surface area contributed by atoms with Gasteiger partial charge in [0.15, 0.2) is 0 Å². The number of nitrogens with one attached hydrogen (secondary N) is 1. The Morgan fingerprint density at radius 3 is 2.64 bits per heavy atom. The van der Waals surface area contributed by atoms with Crippen LogP contribution in [-0.2, 0) is 6.42 Å². The molecule has 5 heteroatoms. The van der Waals surface area contributed by atoms with Crippen molar-refractivity contribution >= 4 is 6.03 Å². The largest absolute Gasteiger partial charge is 0.396 e. The molecule has 1 heterocycles. The number of carbonyl (C=O) groups is 1. The molecule has 2 unspecified atom stereocenters. The summed E-state index contributed by atoms with van der Waals surface area (Å²) in [5.41, 5.74) is 1.01. The van der Waals surface area contributed by atoms with Crippen LogP contribution in [0.5, 0.6) is 0 Å². The van der Waals surface area contributed by atoms with E-state index in [4.69, 9.17) is 5.11 Å². The van der Waals surface area contributed by atoms with E-state index in [-0.39, 0.29) is 36.3 Å². The van der Waals surface area contributed by atoms with E-state index in [1.165, 1.54) is 12.1 Å². The first-order valence-electron chi connectivity index (χ1n) is 7.90. The van der Waals surface area contributed by atoms with Crippen LogP contribution in [0.25, 0.3) is 0 Å². The Balaban J connectivity index is 1.94. The summed E-state index contributed by atoms with van der Waals surface area (Å²) in [6, 6.07) is 6.34. The van der Waals surface area contributed by atoms with Crippen LogP contribution in [0.2, 0.25) is 0 Å². The van der Waals surface area contributed by atoms with Crippen LogP contribution in [0.15, 0.2) is 24.3 Å². The topological polar surface area (TPSA) is 52.6 Å². The van der Waals surface area contributed by atoms with Crippen molar-refractivity contribution in [2.75, 3.05) is 19.7 Å². The summed E-state index contributed by atoms with van der Waals surface area (Å²) >= 11 is 0. The van der Waals surface area contributed by atoms with E-state index in [0.29, 0.717) is 19.5 Å². The Morgan fingerprint density at radius 1 is 1.41 bits per heavy atom. The highest BCUT2D eigenvalue weighted by molar-refractivity contribution is 5.74. The van der Waals surface area contributed by atoms with Crippen molar-refractivity contribution in [1.82, 2.24) is 10.2 Å². The van der Waals surface area contributed by atoms with Crippen LogP contribution in [0.3, 0.4) is 0 Å². The molecule has 0 bridgehead atoms. The molecule has 4 nitrogen and oxygen atoms in total. The highest BCUT2D eigenvalue weighted by atomic mass is 19.1. The molecule has 22 heavy (non-hydrogen) atoms. The van der Waals surface area contributed by atoms with Gasteiger partial charge < -0.3 is 15.3 Å². The molecule has 0 aromatic heterocycles. The summed E-state index contributed by atoms with van der Waals surface area (Å²) in [6.07, 6.45) is 1.54. The van der Waals surface area contributed by atoms with Crippen molar-refractivity contribution < 1.29 is 14.3 Å². The fraction of sp³-hybridized carbons (Fsp3) is 0.588. The molecule has 1 fully saturated rings. The number of hydrogen-bond donors (Lipinski definition) is 2. The average molecular weight is 308 g/mol. The molecular formula is C17H25FN2O2. The minimum atomic E-state index is -0.249. The molecule has 2 amide bonds. The normalized spacial score (nSPS) is 19.5. The number of urea groups is 1. The van der Waals surface area contributed by atoms with Crippen molar-refractivity contribution in [3.8, 4) is 0 Å². The maximum Gasteiger partial charge on any atom is 0.317 e. The van der Waals surface area contributed by atoms with Gasteiger partial charge in [0.1, 0.15) is 5.82 Å². The Hall–Kier alpha value is -1.62. The number of nitrogens with zero attached hydrogens (tertiary/aromatic N) is 1. The standard InChI is InChI=1S/C17H25FN2O2/c1-12(2)16(9-13-3-5-15(18)6-4-13)19-17(22)20-8-7-14(10-20)11-21/h3-6,12,14,16,21H,7-11H2,1-2H3,(H,19,22). The molecule has 122 valence electrons. The third-order valence-electron chi connectivity index (χ3n) is 4.31. The number of rotatable bonds is 5. The molecule has 0 radical (unpaired) electrons. The Morgan fingerprint density at radius 2 is 2.09 bits per heavy atom. The van der Waals surface area contributed by atoms with Gasteiger partial charge in [-0.3, -0.25) is 0 Å². The SMILES string of the molecule is CC(C)C(Cc1ccc(F)cc1)NC(=O)N1CCC(CO)C1. The third kappa shape index (κ3) is 4.44. The van der Waals surface area contributed by atoms with Crippen molar-refractivity contribution in [3.63, 3.8) is 0 Å². The smallest absolute Gasteiger partial charge is 0.317 e. The molecule has 0 saturated carbocycles. The molecule has 0 spiro atoms. The fourth-order valence-electron chi connectivity index (χ4n) is 2.74. The number of benzene rings is 1. The maximum absolute atomic E-state index is 13.0. The summed E-state index contributed by atoms with van der Waals surface area (Å²) in [7, 11) is 0. The van der Waals surface area contributed by atoms with Gasteiger partial charge in [-0.25, -0.2) is 9.18 Å². The molecule has 1 aromatic carbocycles. The van der Waals surface area contributed by atoms with E-state index in [0.717, 1.165) is 12.0 Å². The van der Waals surface area contributed by atoms with Crippen molar-refractivity contribution in [1.29, 1.82) is 0 Å². The quantitative estimate of drug-likeness (QED) is 0.878. The van der Waals surface area contributed by atoms with E-state index in [1.807, 2.05) is 0 Å². The molecule has 1 aliphatic heterocycles. The van der Waals surface area contributed by atoms with Gasteiger partial charge >= 0.3 is 6.03 Å². The maximum atomic E-state index is 13.0. The zero-order valence-electron chi connectivity index (χ0n) is 13.3. The molecule has 0 aliphatic carbocycles. The summed E-state index contributed by atoms with van der Waals surface area (Å²) < 4.78 is 13.0. The van der Waals surface area contributed by atoms with E-state index < -0.39 is 0 Å². The van der Waals surface area contributed by atoms with Crippen LogP contribution >= 0.6 is 0 Å². The molecular weight excluding hydrogens is 283 g/mol. The number of amides is 2. The summed E-state index contributed by atoms with van der Waals surface area (Å²) in [6.45, 7) is 5.57. The monoisotopic (exact) mass is 308 g/mol. The lowest BCUT2D eigenvalue weighted by molar-refractivity contribution is 0.191. The van der Waals surface area contributed by atoms with Crippen LogP contribution in [0.1, 0.15) is 25.8 Å². The van der Waals surface area contributed by atoms with Crippen molar-refractivity contribution in [3.05, 3.63) is 35.6 Å². The van der Waals surface area contributed by atoms with Gasteiger partial charge in [-0.2, -0.15) is 0 Å². The second-order valence-corrected chi connectivity index (χ2v) is 6.41. The lowest BCUT2D eigenvalue weighted by atomic mass is 9.96. The predicted molar refractivity (Wildman–Crippen MR) is 84.0 cm³/mol. The van der Waals surface area contributed by atoms with Gasteiger partial charge in [0.2, 0.25) is 0 Å². The lowest BCUT2D eigenvalue weighted by Crippen LogP contribution is -2.47. The number of carbonyl (C=O) groups excluding carboxylic acids is 1. The molecule has 1 aliphatic rings. The van der Waals surface area contributed by atoms with Crippen LogP contribution in [0.4, 0.5) is 9.18 Å². The van der Waals surface area contributed by atoms with E-state index in [9.17, 15) is 9.18 Å². The average Bonchev–Trinajstić information content (AvgIpc) is 2.97. The zero-order valence-corrected chi connectivity index (χ0v) is 13.3. The summed E-state index contributed by atoms with van der Waals surface area (Å²) in [5.74, 6) is 0.228. The van der Waals surface area contributed by atoms with Crippen molar-refractivity contribution in [2.45, 2.75) is 32.7 Å². The molecule has 2 rings (SSSR count). The van der Waals surface area contributed by atoms with Crippen molar-refractivity contribution in [2.24, 2.45) is 11.8 Å². The number of halogens is 1. The summed E-state index contributed by atoms with van der Waals surface area (Å²) in [4.78, 5) is 14.1. The highest BCUT2D eigenvalue weighted by Gasteiger charge is 2.27. The molecule has 2 N–H and O–H groups in total. The first-order chi connectivity index (χ1) is 10.5. The minimum Gasteiger partial charge on any atom is -0.396 e. The highest BCUT2D eigenvalue weighted by Crippen LogP contribution is 2.17. The molecule has 1 aromatic rings. The Bertz CT molecular complexity index is 490. The van der Waals surface area contributed by atoms with E-state index in [1.54, 1.807) is 17.0 Å². The van der Waals surface area contributed by atoms with Gasteiger partial charge in [0, 0.05) is 31.7 Å². The Kier molecular flexibility index (Phi) is 5.77. The lowest BCUT2D eigenvalue weighted by Gasteiger charge is -2.26. The molecule has 2 atom stereocenters. The van der Waals surface area contributed by atoms with Gasteiger partial charge in [-0.05, 0) is 36.5 Å². The summed E-state index contributed by atoms with van der Waals surface area (Å²) in [5, 5.41) is 12.2. The second-order valence-electron chi connectivity index (χ2n) is 6.41. The second kappa shape index (κ2) is 7.58. The van der Waals surface area contributed by atoms with Gasteiger partial charge in [0.05, 0.1) is 0 Å². The first-order valence-corrected chi connectivity index (χ1v) is 7.90. The van der Waals surface area contributed by atoms with Gasteiger partial charge in [-0.1, -0.05) is 26.0 Å². The van der Waals surface area contributed by atoms with Crippen LogP contribution < -0.4 is 5.32 Å². The van der Waals surface area contributed by atoms with Crippen LogP contribution in [-0.4, -0.2) is 41.8 Å². The van der Waals surface area contributed by atoms with E-state index in [2.05, 4.69) is 19.2 Å². The van der Waals surface area contributed by atoms with Crippen LogP contribution in [0, 0.1) is 17.7 Å². The third-order valence-corrected chi connectivity index (χ3v) is 4.31. The number of hydrogen-bond acceptors (Lipinski definition) is 2. The number of aliphatic hydroxyl groups is 1. The number of aliphatic hydroxyl groups excluding tert-OH is 1. The zero-order chi connectivity index (χ0) is 16.1. The minimum absolute atomic E-state index is 0.00568. The first kappa shape index (κ1) is 16.7. The van der Waals surface area contributed by atoms with Gasteiger partial charge in [0.25, 0.3) is 0 Å². The fourth-order valence-corrected chi connectivity index (χ4v) is 2.74. The predicted octanol–water partition coefficient (Wildman–Crippen LogP) is 2.42. The molecule has 1 saturated heterocycles. The van der Waals surface area contributed by atoms with Gasteiger partial charge in [-0.15, -0.1) is 0 Å². The number of likely N-dealkylation sites (tertiary alicyclic amines) is 1. The Labute approximate surface area is 131 Å². The van der Waals surface area contributed by atoms with E-state index >= 15 is 0 Å².